The molecule has 1 aromatic rings. The van der Waals surface area contributed by atoms with Crippen LogP contribution in [0.1, 0.15) is 50.0 Å². The van der Waals surface area contributed by atoms with Gasteiger partial charge in [-0.15, -0.1) is 0 Å². The number of carboxylic acid groups (broad SMARTS) is 1. The molecule has 3 fully saturated rings. The number of rotatable bonds is 2. The molecule has 2 bridgehead atoms. The van der Waals surface area contributed by atoms with Gasteiger partial charge in [-0.2, -0.15) is 13.2 Å². The van der Waals surface area contributed by atoms with Crippen molar-refractivity contribution in [2.75, 3.05) is 0 Å². The Hall–Kier alpha value is -1.53. The summed E-state index contributed by atoms with van der Waals surface area (Å²) in [6.07, 6.45) is -0.0491. The highest BCUT2D eigenvalue weighted by Gasteiger charge is 2.55. The Bertz CT molecular complexity index is 567. The number of hydrogen-bond donors (Lipinski definition) is 1. The number of fused-ring (bicyclic) bond motifs is 3. The van der Waals surface area contributed by atoms with E-state index in [2.05, 4.69) is 4.98 Å². The lowest BCUT2D eigenvalue weighted by atomic mass is 9.53. The minimum absolute atomic E-state index is 0.393. The lowest BCUT2D eigenvalue weighted by Gasteiger charge is -2.50. The fourth-order valence-corrected chi connectivity index (χ4v) is 3.94. The first-order valence-electron chi connectivity index (χ1n) is 7.03. The first kappa shape index (κ1) is 14.4. The molecule has 3 saturated carbocycles. The van der Waals surface area contributed by atoms with Crippen LogP contribution in [0.25, 0.3) is 0 Å². The molecule has 4 rings (SSSR count). The van der Waals surface area contributed by atoms with Gasteiger partial charge in [0.15, 0.2) is 5.69 Å². The first-order valence-corrected chi connectivity index (χ1v) is 7.03. The van der Waals surface area contributed by atoms with Gasteiger partial charge < -0.3 is 9.67 Å². The lowest BCUT2D eigenvalue weighted by molar-refractivity contribution is -0.156. The third-order valence-corrected chi connectivity index (χ3v) is 5.34. The van der Waals surface area contributed by atoms with Gasteiger partial charge in [-0.05, 0) is 38.5 Å². The number of carboxylic acids is 1. The Kier molecular flexibility index (Phi) is 2.91. The van der Waals surface area contributed by atoms with Crippen molar-refractivity contribution < 1.29 is 23.1 Å². The molecule has 0 atom stereocenters. The number of imidazole rings is 1. The summed E-state index contributed by atoms with van der Waals surface area (Å²) in [6, 6.07) is 0. The van der Waals surface area contributed by atoms with Crippen LogP contribution in [-0.2, 0) is 23.4 Å². The van der Waals surface area contributed by atoms with Crippen molar-refractivity contribution in [3.63, 3.8) is 0 Å². The number of carbonyl (C=O) groups is 1. The molecule has 21 heavy (non-hydrogen) atoms. The summed E-state index contributed by atoms with van der Waals surface area (Å²) in [5.74, 6) is -0.319. The number of halogens is 3. The topological polar surface area (TPSA) is 55.1 Å². The SMILES string of the molecule is Cn1cc(C(F)(F)F)nc1C12CCC(C(=O)O)(CC1)CC2. The van der Waals surface area contributed by atoms with Crippen LogP contribution in [0.2, 0.25) is 0 Å². The fourth-order valence-electron chi connectivity index (χ4n) is 3.94. The Morgan fingerprint density at radius 1 is 1.24 bits per heavy atom. The average molecular weight is 302 g/mol. The zero-order valence-corrected chi connectivity index (χ0v) is 11.7. The van der Waals surface area contributed by atoms with E-state index >= 15 is 0 Å². The second kappa shape index (κ2) is 4.24. The monoisotopic (exact) mass is 302 g/mol. The summed E-state index contributed by atoms with van der Waals surface area (Å²) in [7, 11) is 1.58. The number of nitrogens with zero attached hydrogens (tertiary/aromatic N) is 2. The maximum Gasteiger partial charge on any atom is 0.434 e. The summed E-state index contributed by atoms with van der Waals surface area (Å²) in [5.41, 5.74) is -1.93. The molecule has 0 radical (unpaired) electrons. The second-order valence-corrected chi connectivity index (χ2v) is 6.42. The molecule has 0 unspecified atom stereocenters. The molecular formula is C14H17F3N2O2. The van der Waals surface area contributed by atoms with Crippen LogP contribution in [0.15, 0.2) is 6.20 Å². The number of alkyl halides is 3. The van der Waals surface area contributed by atoms with Gasteiger partial charge in [-0.3, -0.25) is 4.79 Å². The number of hydrogen-bond acceptors (Lipinski definition) is 2. The molecule has 0 spiro atoms. The number of aliphatic carboxylic acids is 1. The van der Waals surface area contributed by atoms with E-state index in [1.165, 1.54) is 4.57 Å². The van der Waals surface area contributed by atoms with Crippen molar-refractivity contribution in [2.24, 2.45) is 12.5 Å². The van der Waals surface area contributed by atoms with Crippen LogP contribution < -0.4 is 0 Å². The normalized spacial score (nSPS) is 32.4. The predicted molar refractivity (Wildman–Crippen MR) is 67.7 cm³/mol. The summed E-state index contributed by atoms with van der Waals surface area (Å²) in [4.78, 5) is 15.2. The Morgan fingerprint density at radius 3 is 2.14 bits per heavy atom. The highest BCUT2D eigenvalue weighted by Crippen LogP contribution is 2.57. The number of aromatic nitrogens is 2. The van der Waals surface area contributed by atoms with Crippen molar-refractivity contribution in [1.82, 2.24) is 9.55 Å². The molecule has 0 aromatic carbocycles. The van der Waals surface area contributed by atoms with Crippen molar-refractivity contribution in [2.45, 2.75) is 50.1 Å². The molecule has 0 amide bonds. The van der Waals surface area contributed by atoms with E-state index in [4.69, 9.17) is 0 Å². The van der Waals surface area contributed by atoms with Crippen molar-refractivity contribution >= 4 is 5.97 Å². The van der Waals surface area contributed by atoms with Gasteiger partial charge in [0.05, 0.1) is 5.41 Å². The zero-order chi connectivity index (χ0) is 15.5. The van der Waals surface area contributed by atoms with E-state index in [1.54, 1.807) is 7.05 Å². The molecular weight excluding hydrogens is 285 g/mol. The first-order chi connectivity index (χ1) is 9.69. The van der Waals surface area contributed by atoms with Gasteiger partial charge >= 0.3 is 12.1 Å². The summed E-state index contributed by atoms with van der Waals surface area (Å²) < 4.78 is 39.9. The van der Waals surface area contributed by atoms with Crippen LogP contribution in [-0.4, -0.2) is 20.6 Å². The van der Waals surface area contributed by atoms with Gasteiger partial charge in [0.1, 0.15) is 5.82 Å². The number of aryl methyl sites for hydroxylation is 1. The summed E-state index contributed by atoms with van der Waals surface area (Å²) in [5, 5.41) is 9.36. The molecule has 0 aliphatic heterocycles. The second-order valence-electron chi connectivity index (χ2n) is 6.42. The molecule has 7 heteroatoms. The van der Waals surface area contributed by atoms with E-state index in [-0.39, 0.29) is 0 Å². The Balaban J connectivity index is 1.93. The molecule has 116 valence electrons. The zero-order valence-electron chi connectivity index (χ0n) is 11.7. The Labute approximate surface area is 120 Å². The standard InChI is InChI=1S/C14H17F3N2O2/c1-19-8-9(14(15,16)17)18-10(19)12-2-5-13(6-3-12,7-4-12)11(20)21/h8H,2-7H2,1H3,(H,20,21). The predicted octanol–water partition coefficient (Wildman–Crippen LogP) is 3.12. The van der Waals surface area contributed by atoms with Crippen molar-refractivity contribution in [3.8, 4) is 0 Å². The van der Waals surface area contributed by atoms with E-state index in [1.807, 2.05) is 0 Å². The van der Waals surface area contributed by atoms with Crippen LogP contribution in [0.5, 0.6) is 0 Å². The third-order valence-electron chi connectivity index (χ3n) is 5.34. The molecule has 1 N–H and O–H groups in total. The molecule has 1 aromatic heterocycles. The van der Waals surface area contributed by atoms with E-state index in [9.17, 15) is 23.1 Å². The van der Waals surface area contributed by atoms with Gasteiger partial charge in [-0.25, -0.2) is 4.98 Å². The van der Waals surface area contributed by atoms with Crippen LogP contribution in [0, 0.1) is 5.41 Å². The third kappa shape index (κ3) is 2.05. The molecule has 3 aliphatic rings. The highest BCUT2D eigenvalue weighted by molar-refractivity contribution is 5.75. The smallest absolute Gasteiger partial charge is 0.434 e. The highest BCUT2D eigenvalue weighted by atomic mass is 19.4. The van der Waals surface area contributed by atoms with Crippen LogP contribution in [0.3, 0.4) is 0 Å². The average Bonchev–Trinajstić information content (AvgIpc) is 2.83. The quantitative estimate of drug-likeness (QED) is 0.913. The van der Waals surface area contributed by atoms with Gasteiger partial charge in [-0.1, -0.05) is 0 Å². The maximum absolute atomic E-state index is 12.8. The van der Waals surface area contributed by atoms with Crippen molar-refractivity contribution in [3.05, 3.63) is 17.7 Å². The molecule has 0 saturated heterocycles. The minimum atomic E-state index is -4.44. The molecule has 3 aliphatic carbocycles. The van der Waals surface area contributed by atoms with E-state index in [0.717, 1.165) is 6.20 Å². The van der Waals surface area contributed by atoms with E-state index in [0.29, 0.717) is 44.3 Å². The Morgan fingerprint density at radius 2 is 1.76 bits per heavy atom. The molecule has 4 nitrogen and oxygen atoms in total. The van der Waals surface area contributed by atoms with Crippen molar-refractivity contribution in [1.29, 1.82) is 0 Å². The lowest BCUT2D eigenvalue weighted by Crippen LogP contribution is -2.48. The summed E-state index contributed by atoms with van der Waals surface area (Å²) in [6.45, 7) is 0. The summed E-state index contributed by atoms with van der Waals surface area (Å²) >= 11 is 0. The van der Waals surface area contributed by atoms with Gasteiger partial charge in [0.2, 0.25) is 0 Å². The fraction of sp³-hybridized carbons (Fsp3) is 0.714. The van der Waals surface area contributed by atoms with Crippen LogP contribution >= 0.6 is 0 Å². The van der Waals surface area contributed by atoms with Gasteiger partial charge in [0, 0.05) is 18.7 Å². The molecule has 1 heterocycles. The largest absolute Gasteiger partial charge is 0.481 e. The van der Waals surface area contributed by atoms with Gasteiger partial charge in [0.25, 0.3) is 0 Å². The van der Waals surface area contributed by atoms with Crippen LogP contribution in [0.4, 0.5) is 13.2 Å². The minimum Gasteiger partial charge on any atom is -0.481 e. The maximum atomic E-state index is 12.8. The van der Waals surface area contributed by atoms with E-state index < -0.39 is 28.7 Å².